The highest BCUT2D eigenvalue weighted by Crippen LogP contribution is 2.42. The maximum absolute atomic E-state index is 6.02. The molecule has 0 spiro atoms. The highest BCUT2D eigenvalue weighted by atomic mass is 16.5. The van der Waals surface area contributed by atoms with Crippen LogP contribution in [0.15, 0.2) is 60.9 Å². The Kier molecular flexibility index (Phi) is 3.23. The summed E-state index contributed by atoms with van der Waals surface area (Å²) in [7, 11) is 1.70. The molecule has 2 nitrogen and oxygen atoms in total. The van der Waals surface area contributed by atoms with Crippen molar-refractivity contribution in [3.05, 3.63) is 77.6 Å². The van der Waals surface area contributed by atoms with E-state index < -0.39 is 5.60 Å². The Hall–Kier alpha value is -2.22. The van der Waals surface area contributed by atoms with Gasteiger partial charge in [-0.05, 0) is 30.7 Å². The van der Waals surface area contributed by atoms with Crippen molar-refractivity contribution in [1.29, 1.82) is 0 Å². The minimum Gasteiger partial charge on any atom is -0.496 e. The first-order valence-electron chi connectivity index (χ1n) is 6.80. The fraction of sp³-hybridized carbons (Fsp3) is 0.222. The van der Waals surface area contributed by atoms with Crippen molar-refractivity contribution in [3.63, 3.8) is 0 Å². The van der Waals surface area contributed by atoms with Gasteiger partial charge in [-0.25, -0.2) is 0 Å². The van der Waals surface area contributed by atoms with E-state index in [2.05, 4.69) is 49.4 Å². The number of rotatable bonds is 3. The van der Waals surface area contributed by atoms with E-state index in [0.29, 0.717) is 0 Å². The Bertz CT molecular complexity index is 621. The van der Waals surface area contributed by atoms with E-state index in [-0.39, 0.29) is 0 Å². The maximum Gasteiger partial charge on any atom is 0.162 e. The number of aryl methyl sites for hydroxylation is 1. The van der Waals surface area contributed by atoms with Gasteiger partial charge in [-0.2, -0.15) is 0 Å². The van der Waals surface area contributed by atoms with E-state index in [0.717, 1.165) is 23.3 Å². The van der Waals surface area contributed by atoms with Crippen molar-refractivity contribution in [1.82, 2.24) is 0 Å². The van der Waals surface area contributed by atoms with Crippen molar-refractivity contribution >= 4 is 0 Å². The lowest BCUT2D eigenvalue weighted by Crippen LogP contribution is -2.26. The summed E-state index contributed by atoms with van der Waals surface area (Å²) in [5.74, 6) is 0.905. The first-order valence-corrected chi connectivity index (χ1v) is 6.80. The van der Waals surface area contributed by atoms with Gasteiger partial charge >= 0.3 is 0 Å². The molecule has 1 heterocycles. The topological polar surface area (TPSA) is 18.5 Å². The molecule has 0 bridgehead atoms. The molecule has 1 aliphatic rings. The van der Waals surface area contributed by atoms with Crippen LogP contribution in [-0.2, 0) is 10.3 Å². The molecule has 1 atom stereocenters. The van der Waals surface area contributed by atoms with Crippen LogP contribution in [0.2, 0.25) is 0 Å². The van der Waals surface area contributed by atoms with Crippen LogP contribution in [0.5, 0.6) is 5.75 Å². The molecule has 0 aliphatic carbocycles. The average Bonchev–Trinajstić information content (AvgIpc) is 2.99. The standard InChI is InChI=1S/C18H18O2/c1-14-13-16(9-10-17(14)19-2)18(11-6-12-20-18)15-7-4-3-5-8-15/h3-10,12-13H,11H2,1-2H3. The Labute approximate surface area is 119 Å². The first-order chi connectivity index (χ1) is 9.76. The molecule has 3 rings (SSSR count). The molecule has 0 amide bonds. The zero-order chi connectivity index (χ0) is 14.0. The van der Waals surface area contributed by atoms with Gasteiger partial charge in [0.25, 0.3) is 0 Å². The van der Waals surface area contributed by atoms with Crippen LogP contribution in [0.25, 0.3) is 0 Å². The van der Waals surface area contributed by atoms with Gasteiger partial charge in [-0.1, -0.05) is 36.4 Å². The van der Waals surface area contributed by atoms with Gasteiger partial charge in [-0.15, -0.1) is 0 Å². The van der Waals surface area contributed by atoms with Gasteiger partial charge in [0.1, 0.15) is 5.75 Å². The van der Waals surface area contributed by atoms with Crippen LogP contribution in [0.4, 0.5) is 0 Å². The summed E-state index contributed by atoms with van der Waals surface area (Å²) < 4.78 is 11.4. The molecule has 0 saturated carbocycles. The molecule has 1 aliphatic heterocycles. The van der Waals surface area contributed by atoms with Crippen molar-refractivity contribution < 1.29 is 9.47 Å². The fourth-order valence-electron chi connectivity index (χ4n) is 2.80. The zero-order valence-corrected chi connectivity index (χ0v) is 11.8. The average molecular weight is 266 g/mol. The molecule has 0 aromatic heterocycles. The number of hydrogen-bond acceptors (Lipinski definition) is 2. The molecule has 0 radical (unpaired) electrons. The van der Waals surface area contributed by atoms with Gasteiger partial charge in [0, 0.05) is 17.5 Å². The third kappa shape index (κ3) is 1.97. The Morgan fingerprint density at radius 3 is 2.45 bits per heavy atom. The lowest BCUT2D eigenvalue weighted by atomic mass is 9.83. The lowest BCUT2D eigenvalue weighted by Gasteiger charge is -2.30. The van der Waals surface area contributed by atoms with E-state index in [1.165, 1.54) is 5.56 Å². The Balaban J connectivity index is 2.10. The van der Waals surface area contributed by atoms with Crippen LogP contribution in [0, 0.1) is 6.92 Å². The molecule has 2 heteroatoms. The van der Waals surface area contributed by atoms with E-state index in [9.17, 15) is 0 Å². The van der Waals surface area contributed by atoms with E-state index in [4.69, 9.17) is 9.47 Å². The molecule has 2 aromatic carbocycles. The van der Waals surface area contributed by atoms with Crippen LogP contribution in [-0.4, -0.2) is 7.11 Å². The number of hydrogen-bond donors (Lipinski definition) is 0. The van der Waals surface area contributed by atoms with Gasteiger partial charge in [0.2, 0.25) is 0 Å². The van der Waals surface area contributed by atoms with Crippen molar-refractivity contribution in [3.8, 4) is 5.75 Å². The molecular weight excluding hydrogens is 248 g/mol. The summed E-state index contributed by atoms with van der Waals surface area (Å²) in [5, 5.41) is 0. The Morgan fingerprint density at radius 2 is 1.85 bits per heavy atom. The second kappa shape index (κ2) is 5.04. The van der Waals surface area contributed by atoms with Crippen LogP contribution < -0.4 is 4.74 Å². The zero-order valence-electron chi connectivity index (χ0n) is 11.8. The van der Waals surface area contributed by atoms with Gasteiger partial charge in [-0.3, -0.25) is 0 Å². The maximum atomic E-state index is 6.02. The molecular formula is C18H18O2. The first kappa shape index (κ1) is 12.8. The highest BCUT2D eigenvalue weighted by molar-refractivity contribution is 5.44. The highest BCUT2D eigenvalue weighted by Gasteiger charge is 2.37. The minimum atomic E-state index is -0.404. The molecule has 102 valence electrons. The normalized spacial score (nSPS) is 20.7. The van der Waals surface area contributed by atoms with Gasteiger partial charge < -0.3 is 9.47 Å². The third-order valence-corrected chi connectivity index (χ3v) is 3.87. The van der Waals surface area contributed by atoms with Crippen molar-refractivity contribution in [2.45, 2.75) is 18.9 Å². The fourth-order valence-corrected chi connectivity index (χ4v) is 2.80. The van der Waals surface area contributed by atoms with Gasteiger partial charge in [0.05, 0.1) is 13.4 Å². The molecule has 0 N–H and O–H groups in total. The van der Waals surface area contributed by atoms with E-state index in [1.807, 2.05) is 12.1 Å². The quantitative estimate of drug-likeness (QED) is 0.829. The Morgan fingerprint density at radius 1 is 1.05 bits per heavy atom. The predicted molar refractivity (Wildman–Crippen MR) is 79.8 cm³/mol. The monoisotopic (exact) mass is 266 g/mol. The molecule has 0 saturated heterocycles. The van der Waals surface area contributed by atoms with Gasteiger partial charge in [0.15, 0.2) is 5.60 Å². The van der Waals surface area contributed by atoms with Crippen molar-refractivity contribution in [2.75, 3.05) is 7.11 Å². The third-order valence-electron chi connectivity index (χ3n) is 3.87. The summed E-state index contributed by atoms with van der Waals surface area (Å²) in [6.07, 6.45) is 4.72. The second-order valence-electron chi connectivity index (χ2n) is 5.07. The summed E-state index contributed by atoms with van der Waals surface area (Å²) >= 11 is 0. The lowest BCUT2D eigenvalue weighted by molar-refractivity contribution is 0.0830. The summed E-state index contributed by atoms with van der Waals surface area (Å²) in [6.45, 7) is 2.06. The van der Waals surface area contributed by atoms with Crippen LogP contribution in [0.1, 0.15) is 23.1 Å². The van der Waals surface area contributed by atoms with E-state index in [1.54, 1.807) is 13.4 Å². The van der Waals surface area contributed by atoms with Crippen LogP contribution >= 0.6 is 0 Å². The molecule has 1 unspecified atom stereocenters. The second-order valence-corrected chi connectivity index (χ2v) is 5.07. The largest absolute Gasteiger partial charge is 0.496 e. The SMILES string of the molecule is COc1ccc(C2(c3ccccc3)CC=CO2)cc1C. The number of benzene rings is 2. The number of methoxy groups -OCH3 is 1. The predicted octanol–water partition coefficient (Wildman–Crippen LogP) is 4.18. The number of ether oxygens (including phenoxy) is 2. The van der Waals surface area contributed by atoms with Crippen LogP contribution in [0.3, 0.4) is 0 Å². The minimum absolute atomic E-state index is 0.404. The summed E-state index contributed by atoms with van der Waals surface area (Å²) in [6, 6.07) is 16.6. The molecule has 0 fully saturated rings. The molecule has 2 aromatic rings. The molecule has 20 heavy (non-hydrogen) atoms. The van der Waals surface area contributed by atoms with Crippen molar-refractivity contribution in [2.24, 2.45) is 0 Å². The van der Waals surface area contributed by atoms with E-state index >= 15 is 0 Å². The summed E-state index contributed by atoms with van der Waals surface area (Å²) in [5.41, 5.74) is 3.05. The smallest absolute Gasteiger partial charge is 0.162 e. The summed E-state index contributed by atoms with van der Waals surface area (Å²) in [4.78, 5) is 0.